The van der Waals surface area contributed by atoms with E-state index >= 15 is 0 Å². The van der Waals surface area contributed by atoms with E-state index < -0.39 is 6.04 Å². The van der Waals surface area contributed by atoms with Crippen LogP contribution in [0.25, 0.3) is 0 Å². The summed E-state index contributed by atoms with van der Waals surface area (Å²) in [6, 6.07) is 18.0. The van der Waals surface area contributed by atoms with Crippen LogP contribution in [0.2, 0.25) is 0 Å². The highest BCUT2D eigenvalue weighted by Crippen LogP contribution is 2.61. The van der Waals surface area contributed by atoms with Crippen LogP contribution in [0, 0.1) is 23.2 Å². The van der Waals surface area contributed by atoms with Crippen molar-refractivity contribution >= 4 is 23.4 Å². The van der Waals surface area contributed by atoms with Crippen LogP contribution < -0.4 is 4.90 Å². The summed E-state index contributed by atoms with van der Waals surface area (Å²) >= 11 is 0. The lowest BCUT2D eigenvalue weighted by molar-refractivity contribution is -0.164. The molecule has 2 aromatic carbocycles. The molecule has 1 saturated heterocycles. The maximum absolute atomic E-state index is 14.5. The van der Waals surface area contributed by atoms with E-state index in [4.69, 9.17) is 0 Å². The number of carbonyl (C=O) groups is 3. The largest absolute Gasteiger partial charge is 0.323 e. The van der Waals surface area contributed by atoms with Gasteiger partial charge in [0.1, 0.15) is 6.04 Å². The molecule has 2 atom stereocenters. The second-order valence-corrected chi connectivity index (χ2v) is 11.1. The van der Waals surface area contributed by atoms with E-state index in [2.05, 4.69) is 0 Å². The van der Waals surface area contributed by atoms with Gasteiger partial charge in [0, 0.05) is 0 Å². The van der Waals surface area contributed by atoms with Crippen LogP contribution in [0.15, 0.2) is 60.7 Å². The van der Waals surface area contributed by atoms with Crippen LogP contribution in [0.4, 0.5) is 5.69 Å². The standard InChI is InChI=1S/C29H32N2O3/c1-19(23-8-4-2-5-9-23)30(25-15-26(32)31(27(25)33)24-10-6-3-7-11-24)28(34)29-16-20-12-21(17-29)14-22(13-20)18-29/h2-11,19-22,25H,12-18H2,1H3. The number of imide groups is 1. The minimum Gasteiger partial charge on any atom is -0.323 e. The fourth-order valence-corrected chi connectivity index (χ4v) is 7.81. The minimum absolute atomic E-state index is 0.0446. The van der Waals surface area contributed by atoms with Crippen LogP contribution in [0.1, 0.15) is 63.5 Å². The van der Waals surface area contributed by atoms with Crippen molar-refractivity contribution in [2.24, 2.45) is 23.2 Å². The smallest absolute Gasteiger partial charge is 0.257 e. The van der Waals surface area contributed by atoms with E-state index in [-0.39, 0.29) is 35.6 Å². The Balaban J connectivity index is 1.38. The molecule has 0 radical (unpaired) electrons. The van der Waals surface area contributed by atoms with Gasteiger partial charge < -0.3 is 4.90 Å². The third-order valence-electron chi connectivity index (χ3n) is 8.90. The molecule has 3 amide bonds. The predicted molar refractivity (Wildman–Crippen MR) is 130 cm³/mol. The zero-order chi connectivity index (χ0) is 23.4. The van der Waals surface area contributed by atoms with E-state index in [1.54, 1.807) is 12.1 Å². The van der Waals surface area contributed by atoms with Crippen molar-refractivity contribution in [1.82, 2.24) is 4.90 Å². The van der Waals surface area contributed by atoms with Gasteiger partial charge in [-0.1, -0.05) is 48.5 Å². The number of amides is 3. The van der Waals surface area contributed by atoms with E-state index in [0.29, 0.717) is 23.4 Å². The van der Waals surface area contributed by atoms with Crippen LogP contribution in [0.3, 0.4) is 0 Å². The van der Waals surface area contributed by atoms with E-state index in [0.717, 1.165) is 24.8 Å². The first-order valence-electron chi connectivity index (χ1n) is 12.7. The topological polar surface area (TPSA) is 57.7 Å². The van der Waals surface area contributed by atoms with Gasteiger partial charge in [-0.3, -0.25) is 14.4 Å². The van der Waals surface area contributed by atoms with Gasteiger partial charge in [-0.05, 0) is 80.9 Å². The Hall–Kier alpha value is -2.95. The first-order chi connectivity index (χ1) is 16.4. The lowest BCUT2D eigenvalue weighted by Crippen LogP contribution is -2.58. The maximum Gasteiger partial charge on any atom is 0.257 e. The number of hydrogen-bond donors (Lipinski definition) is 0. The fourth-order valence-electron chi connectivity index (χ4n) is 7.81. The zero-order valence-corrected chi connectivity index (χ0v) is 19.7. The van der Waals surface area contributed by atoms with Crippen LogP contribution in [-0.2, 0) is 14.4 Å². The maximum atomic E-state index is 14.5. The van der Waals surface area contributed by atoms with E-state index in [1.807, 2.05) is 60.4 Å². The molecule has 1 aliphatic heterocycles. The summed E-state index contributed by atoms with van der Waals surface area (Å²) in [6.45, 7) is 2.01. The molecule has 7 rings (SSSR count). The summed E-state index contributed by atoms with van der Waals surface area (Å²) in [6.07, 6.45) is 6.62. The molecule has 0 spiro atoms. The summed E-state index contributed by atoms with van der Waals surface area (Å²) in [5.41, 5.74) is 1.20. The summed E-state index contributed by atoms with van der Waals surface area (Å²) < 4.78 is 0. The second-order valence-electron chi connectivity index (χ2n) is 11.1. The van der Waals surface area contributed by atoms with Gasteiger partial charge in [0.2, 0.25) is 11.8 Å². The number of hydrogen-bond acceptors (Lipinski definition) is 3. The average molecular weight is 457 g/mol. The monoisotopic (exact) mass is 456 g/mol. The lowest BCUT2D eigenvalue weighted by atomic mass is 9.49. The Morgan fingerprint density at radius 2 is 1.41 bits per heavy atom. The molecule has 5 fully saturated rings. The molecule has 5 heteroatoms. The Morgan fingerprint density at radius 1 is 0.882 bits per heavy atom. The predicted octanol–water partition coefficient (Wildman–Crippen LogP) is 5.12. The molecule has 1 heterocycles. The van der Waals surface area contributed by atoms with Crippen molar-refractivity contribution in [2.75, 3.05) is 4.90 Å². The molecule has 0 N–H and O–H groups in total. The number of carbonyl (C=O) groups excluding carboxylic acids is 3. The Bertz CT molecular complexity index is 1080. The molecule has 2 unspecified atom stereocenters. The third kappa shape index (κ3) is 3.40. The molecule has 2 aromatic rings. The van der Waals surface area contributed by atoms with Crippen molar-refractivity contribution in [2.45, 2.75) is 64.0 Å². The molecule has 0 aromatic heterocycles. The number of rotatable bonds is 5. The normalized spacial score (nSPS) is 32.8. The highest BCUT2D eigenvalue weighted by molar-refractivity contribution is 6.23. The van der Waals surface area contributed by atoms with Crippen LogP contribution in [0.5, 0.6) is 0 Å². The zero-order valence-electron chi connectivity index (χ0n) is 19.7. The van der Waals surface area contributed by atoms with Gasteiger partial charge in [0.05, 0.1) is 23.6 Å². The quantitative estimate of drug-likeness (QED) is 0.587. The Kier molecular flexibility index (Phi) is 5.12. The molecule has 176 valence electrons. The third-order valence-corrected chi connectivity index (χ3v) is 8.90. The molecule has 4 bridgehead atoms. The van der Waals surface area contributed by atoms with Gasteiger partial charge in [-0.25, -0.2) is 4.90 Å². The van der Waals surface area contributed by atoms with E-state index in [9.17, 15) is 14.4 Å². The number of nitrogens with zero attached hydrogens (tertiary/aromatic N) is 2. The Labute approximate surface area is 201 Å². The average Bonchev–Trinajstić information content (AvgIpc) is 3.12. The van der Waals surface area contributed by atoms with Crippen molar-refractivity contribution in [3.05, 3.63) is 66.2 Å². The second kappa shape index (κ2) is 8.07. The highest BCUT2D eigenvalue weighted by Gasteiger charge is 2.58. The summed E-state index contributed by atoms with van der Waals surface area (Å²) in [4.78, 5) is 44.5. The molecule has 34 heavy (non-hydrogen) atoms. The first kappa shape index (κ1) is 21.6. The van der Waals surface area contributed by atoms with Gasteiger partial charge in [0.25, 0.3) is 5.91 Å². The molecule has 5 nitrogen and oxygen atoms in total. The molecular formula is C29H32N2O3. The van der Waals surface area contributed by atoms with Crippen molar-refractivity contribution in [1.29, 1.82) is 0 Å². The molecule has 5 aliphatic rings. The first-order valence-corrected chi connectivity index (χ1v) is 12.7. The molecular weight excluding hydrogens is 424 g/mol. The minimum atomic E-state index is -0.761. The lowest BCUT2D eigenvalue weighted by Gasteiger charge is -2.57. The van der Waals surface area contributed by atoms with Gasteiger partial charge in [0.15, 0.2) is 0 Å². The summed E-state index contributed by atoms with van der Waals surface area (Å²) in [5, 5.41) is 0. The van der Waals surface area contributed by atoms with Gasteiger partial charge in [-0.15, -0.1) is 0 Å². The number of para-hydroxylation sites is 1. The number of benzene rings is 2. The fraction of sp³-hybridized carbons (Fsp3) is 0.483. The van der Waals surface area contributed by atoms with E-state index in [1.165, 1.54) is 24.2 Å². The van der Waals surface area contributed by atoms with Crippen molar-refractivity contribution < 1.29 is 14.4 Å². The van der Waals surface area contributed by atoms with Crippen molar-refractivity contribution in [3.63, 3.8) is 0 Å². The highest BCUT2D eigenvalue weighted by atomic mass is 16.2. The summed E-state index contributed by atoms with van der Waals surface area (Å²) in [5.74, 6) is 1.48. The van der Waals surface area contributed by atoms with Gasteiger partial charge >= 0.3 is 0 Å². The van der Waals surface area contributed by atoms with Crippen LogP contribution >= 0.6 is 0 Å². The Morgan fingerprint density at radius 3 is 1.97 bits per heavy atom. The van der Waals surface area contributed by atoms with Crippen LogP contribution in [-0.4, -0.2) is 28.7 Å². The summed E-state index contributed by atoms with van der Waals surface area (Å²) in [7, 11) is 0. The van der Waals surface area contributed by atoms with Crippen molar-refractivity contribution in [3.8, 4) is 0 Å². The molecule has 4 aliphatic carbocycles. The number of anilines is 1. The molecule has 4 saturated carbocycles. The SMILES string of the molecule is CC(c1ccccc1)N(C(=O)C12CC3CC(CC(C3)C1)C2)C1CC(=O)N(c2ccccc2)C1=O. The van der Waals surface area contributed by atoms with Gasteiger partial charge in [-0.2, -0.15) is 0 Å².